The van der Waals surface area contributed by atoms with Gasteiger partial charge < -0.3 is 5.32 Å². The molecule has 1 N–H and O–H groups in total. The van der Waals surface area contributed by atoms with E-state index in [1.807, 2.05) is 0 Å². The van der Waals surface area contributed by atoms with Gasteiger partial charge in [-0.1, -0.05) is 4.47 Å². The van der Waals surface area contributed by atoms with Crippen LogP contribution >= 0.6 is 0 Å². The molecule has 2 aromatic rings. The molecule has 8 heteroatoms. The van der Waals surface area contributed by atoms with Gasteiger partial charge in [-0.25, -0.2) is 12.8 Å². The Balaban J connectivity index is 2.14. The van der Waals surface area contributed by atoms with E-state index in [0.29, 0.717) is 11.3 Å². The summed E-state index contributed by atoms with van der Waals surface area (Å²) in [6.07, 6.45) is 0. The van der Waals surface area contributed by atoms with Crippen LogP contribution in [0.15, 0.2) is 53.4 Å². The van der Waals surface area contributed by atoms with E-state index in [-0.39, 0.29) is 4.90 Å². The van der Waals surface area contributed by atoms with Gasteiger partial charge in [-0.3, -0.25) is 9.63 Å². The number of hydrogen-bond donors (Lipinski definition) is 1. The lowest BCUT2D eigenvalue weighted by molar-refractivity contribution is -0.0258. The molecule has 0 saturated carbocycles. The molecule has 2 aromatic carbocycles. The molecule has 122 valence electrons. The number of halogens is 1. The quantitative estimate of drug-likeness (QED) is 0.849. The summed E-state index contributed by atoms with van der Waals surface area (Å²) in [5.41, 5.74) is 0.709. The fourth-order valence-corrected chi connectivity index (χ4v) is 2.73. The first-order chi connectivity index (χ1) is 10.8. The minimum absolute atomic E-state index is 0.0293. The molecule has 0 saturated heterocycles. The maximum atomic E-state index is 12.8. The number of benzene rings is 2. The molecule has 23 heavy (non-hydrogen) atoms. The van der Waals surface area contributed by atoms with Crippen molar-refractivity contribution in [3.63, 3.8) is 0 Å². The lowest BCUT2D eigenvalue weighted by atomic mass is 10.2. The zero-order valence-corrected chi connectivity index (χ0v) is 13.3. The number of nitrogens with zero attached hydrogens (tertiary/aromatic N) is 1. The SMILES string of the molecule is CON(C)S(=O)(=O)c1ccc(NC(=O)c2ccc(F)cc2)cc1. The summed E-state index contributed by atoms with van der Waals surface area (Å²) < 4.78 is 37.6. The molecule has 0 bridgehead atoms. The van der Waals surface area contributed by atoms with Crippen LogP contribution in [-0.4, -0.2) is 33.0 Å². The number of carbonyl (C=O) groups excluding carboxylic acids is 1. The Labute approximate surface area is 133 Å². The largest absolute Gasteiger partial charge is 0.322 e. The molecule has 0 atom stereocenters. The summed E-state index contributed by atoms with van der Waals surface area (Å²) in [6, 6.07) is 10.7. The molecule has 0 heterocycles. The summed E-state index contributed by atoms with van der Waals surface area (Å²) in [4.78, 5) is 16.7. The van der Waals surface area contributed by atoms with E-state index in [9.17, 15) is 17.6 Å². The maximum Gasteiger partial charge on any atom is 0.264 e. The molecular formula is C15H15FN2O4S. The molecule has 1 amide bonds. The van der Waals surface area contributed by atoms with Crippen molar-refractivity contribution in [3.05, 3.63) is 59.9 Å². The Morgan fingerprint density at radius 3 is 2.17 bits per heavy atom. The highest BCUT2D eigenvalue weighted by atomic mass is 32.2. The number of amides is 1. The van der Waals surface area contributed by atoms with Gasteiger partial charge in [0.2, 0.25) is 0 Å². The van der Waals surface area contributed by atoms with Gasteiger partial charge >= 0.3 is 0 Å². The number of anilines is 1. The average Bonchev–Trinajstić information content (AvgIpc) is 2.55. The summed E-state index contributed by atoms with van der Waals surface area (Å²) in [5.74, 6) is -0.854. The second-order valence-electron chi connectivity index (χ2n) is 4.58. The van der Waals surface area contributed by atoms with Crippen molar-refractivity contribution in [2.45, 2.75) is 4.90 Å². The molecule has 0 spiro atoms. The number of sulfonamides is 1. The summed E-state index contributed by atoms with van der Waals surface area (Å²) >= 11 is 0. The van der Waals surface area contributed by atoms with Crippen molar-refractivity contribution in [1.29, 1.82) is 0 Å². The molecule has 0 aliphatic heterocycles. The van der Waals surface area contributed by atoms with Crippen LogP contribution in [-0.2, 0) is 14.9 Å². The molecule has 0 aromatic heterocycles. The van der Waals surface area contributed by atoms with Crippen LogP contribution in [0.5, 0.6) is 0 Å². The molecule has 0 aliphatic carbocycles. The van der Waals surface area contributed by atoms with Crippen LogP contribution in [0.1, 0.15) is 10.4 Å². The van der Waals surface area contributed by atoms with Crippen LogP contribution < -0.4 is 5.32 Å². The lowest BCUT2D eigenvalue weighted by Crippen LogP contribution is -2.25. The Kier molecular flexibility index (Phi) is 5.09. The Morgan fingerprint density at radius 1 is 1.09 bits per heavy atom. The molecule has 2 rings (SSSR count). The van der Waals surface area contributed by atoms with Crippen LogP contribution in [0.4, 0.5) is 10.1 Å². The number of hydroxylamine groups is 1. The monoisotopic (exact) mass is 338 g/mol. The van der Waals surface area contributed by atoms with E-state index < -0.39 is 21.7 Å². The zero-order valence-electron chi connectivity index (χ0n) is 12.5. The summed E-state index contributed by atoms with van der Waals surface area (Å²) in [7, 11) is -1.21. The van der Waals surface area contributed by atoms with E-state index >= 15 is 0 Å². The van der Waals surface area contributed by atoms with Gasteiger partial charge in [0.15, 0.2) is 0 Å². The van der Waals surface area contributed by atoms with Crippen molar-refractivity contribution in [2.24, 2.45) is 0 Å². The van der Waals surface area contributed by atoms with Gasteiger partial charge in [-0.05, 0) is 48.5 Å². The third-order valence-electron chi connectivity index (χ3n) is 3.11. The number of nitrogens with one attached hydrogen (secondary N) is 1. The highest BCUT2D eigenvalue weighted by Crippen LogP contribution is 2.18. The molecule has 0 aliphatic rings. The van der Waals surface area contributed by atoms with Gasteiger partial charge in [0.05, 0.1) is 12.0 Å². The minimum Gasteiger partial charge on any atom is -0.322 e. The van der Waals surface area contributed by atoms with E-state index in [1.165, 1.54) is 62.7 Å². The second-order valence-corrected chi connectivity index (χ2v) is 6.52. The van der Waals surface area contributed by atoms with E-state index in [4.69, 9.17) is 0 Å². The average molecular weight is 338 g/mol. The van der Waals surface area contributed by atoms with Crippen molar-refractivity contribution in [1.82, 2.24) is 4.47 Å². The standard InChI is InChI=1S/C15H15FN2O4S/c1-18(22-2)23(20,21)14-9-7-13(8-10-14)17-15(19)11-3-5-12(16)6-4-11/h3-10H,1-2H3,(H,17,19). The summed E-state index contributed by atoms with van der Waals surface area (Å²) in [6.45, 7) is 0. The maximum absolute atomic E-state index is 12.8. The van der Waals surface area contributed by atoms with Crippen molar-refractivity contribution in [3.8, 4) is 0 Å². The molecule has 0 radical (unpaired) electrons. The van der Waals surface area contributed by atoms with Crippen molar-refractivity contribution >= 4 is 21.6 Å². The number of hydrogen-bond acceptors (Lipinski definition) is 4. The fourth-order valence-electron chi connectivity index (χ4n) is 1.76. The fraction of sp³-hybridized carbons (Fsp3) is 0.133. The Bertz CT molecular complexity index is 789. The smallest absolute Gasteiger partial charge is 0.264 e. The van der Waals surface area contributed by atoms with Crippen LogP contribution in [0, 0.1) is 5.82 Å². The van der Waals surface area contributed by atoms with E-state index in [0.717, 1.165) is 4.47 Å². The normalized spacial score (nSPS) is 11.5. The third-order valence-corrected chi connectivity index (χ3v) is 4.81. The van der Waals surface area contributed by atoms with Gasteiger partial charge in [-0.2, -0.15) is 0 Å². The van der Waals surface area contributed by atoms with Gasteiger partial charge in [0.25, 0.3) is 15.9 Å². The molecule has 6 nitrogen and oxygen atoms in total. The number of carbonyl (C=O) groups is 1. The van der Waals surface area contributed by atoms with Gasteiger partial charge in [0, 0.05) is 18.3 Å². The molecular weight excluding hydrogens is 323 g/mol. The predicted octanol–water partition coefficient (Wildman–Crippen LogP) is 2.26. The van der Waals surface area contributed by atoms with Gasteiger partial charge in [-0.15, -0.1) is 0 Å². The first-order valence-electron chi connectivity index (χ1n) is 6.54. The predicted molar refractivity (Wildman–Crippen MR) is 82.8 cm³/mol. The highest BCUT2D eigenvalue weighted by Gasteiger charge is 2.20. The first kappa shape index (κ1) is 17.1. The lowest BCUT2D eigenvalue weighted by Gasteiger charge is -2.14. The van der Waals surface area contributed by atoms with Crippen LogP contribution in [0.3, 0.4) is 0 Å². The van der Waals surface area contributed by atoms with Crippen LogP contribution in [0.25, 0.3) is 0 Å². The third kappa shape index (κ3) is 3.92. The van der Waals surface area contributed by atoms with Crippen LogP contribution in [0.2, 0.25) is 0 Å². The zero-order chi connectivity index (χ0) is 17.0. The first-order valence-corrected chi connectivity index (χ1v) is 7.98. The molecule has 0 fully saturated rings. The van der Waals surface area contributed by atoms with Gasteiger partial charge in [0.1, 0.15) is 5.82 Å². The van der Waals surface area contributed by atoms with E-state index in [2.05, 4.69) is 10.2 Å². The highest BCUT2D eigenvalue weighted by molar-refractivity contribution is 7.89. The summed E-state index contributed by atoms with van der Waals surface area (Å²) in [5, 5.41) is 2.60. The van der Waals surface area contributed by atoms with Crippen molar-refractivity contribution < 1.29 is 22.4 Å². The minimum atomic E-state index is -3.73. The Hall–Kier alpha value is -2.29. The van der Waals surface area contributed by atoms with Crippen molar-refractivity contribution in [2.75, 3.05) is 19.5 Å². The molecule has 0 unspecified atom stereocenters. The number of rotatable bonds is 5. The Morgan fingerprint density at radius 2 is 1.65 bits per heavy atom. The van der Waals surface area contributed by atoms with E-state index in [1.54, 1.807) is 0 Å². The second kappa shape index (κ2) is 6.86. The topological polar surface area (TPSA) is 75.7 Å².